The van der Waals surface area contributed by atoms with E-state index in [-0.39, 0.29) is 0 Å². The number of nitrogens with one attached hydrogen (secondary N) is 1. The first-order valence-electron chi connectivity index (χ1n) is 6.61. The molecule has 1 fully saturated rings. The largest absolute Gasteiger partial charge is 0.343 e. The fraction of sp³-hybridized carbons (Fsp3) is 0.692. The molecule has 5 heteroatoms. The van der Waals surface area contributed by atoms with Gasteiger partial charge in [0.15, 0.2) is 0 Å². The topological polar surface area (TPSA) is 44.3 Å². The van der Waals surface area contributed by atoms with Gasteiger partial charge in [-0.3, -0.25) is 4.90 Å². The number of aryl methyl sites for hydroxylation is 2. The molecule has 1 aromatic heterocycles. The lowest BCUT2D eigenvalue weighted by Gasteiger charge is -2.29. The number of likely N-dealkylation sites (N-methyl/N-ethyl adjacent to an activating group) is 1. The van der Waals surface area contributed by atoms with E-state index in [1.54, 1.807) is 0 Å². The van der Waals surface area contributed by atoms with Crippen LogP contribution in [0.25, 0.3) is 0 Å². The molecule has 0 radical (unpaired) electrons. The van der Waals surface area contributed by atoms with Crippen LogP contribution < -0.4 is 10.2 Å². The Kier molecular flexibility index (Phi) is 4.49. The predicted octanol–water partition coefficient (Wildman–Crippen LogP) is 0.435. The van der Waals surface area contributed by atoms with Crippen LogP contribution >= 0.6 is 0 Å². The number of anilines is 1. The summed E-state index contributed by atoms with van der Waals surface area (Å²) in [4.78, 5) is 13.6. The van der Waals surface area contributed by atoms with Crippen LogP contribution in [0.1, 0.15) is 11.4 Å². The van der Waals surface area contributed by atoms with Gasteiger partial charge < -0.3 is 10.2 Å². The first-order chi connectivity index (χ1) is 8.65. The Morgan fingerprint density at radius 2 is 1.83 bits per heavy atom. The van der Waals surface area contributed by atoms with Gasteiger partial charge in [0.25, 0.3) is 0 Å². The molecule has 0 saturated carbocycles. The highest BCUT2D eigenvalue weighted by atomic mass is 15.3. The van der Waals surface area contributed by atoms with Crippen molar-refractivity contribution in [1.29, 1.82) is 0 Å². The first kappa shape index (κ1) is 13.2. The molecule has 0 bridgehead atoms. The summed E-state index contributed by atoms with van der Waals surface area (Å²) in [7, 11) is 2.07. The lowest BCUT2D eigenvalue weighted by atomic mass is 10.3. The molecule has 0 amide bonds. The van der Waals surface area contributed by atoms with Crippen LogP contribution in [0.3, 0.4) is 0 Å². The number of nitrogens with zero attached hydrogens (tertiary/aromatic N) is 4. The molecular formula is C13H23N5. The van der Waals surface area contributed by atoms with E-state index in [9.17, 15) is 0 Å². The fourth-order valence-electron chi connectivity index (χ4n) is 2.20. The third kappa shape index (κ3) is 3.65. The van der Waals surface area contributed by atoms with Gasteiger partial charge in [-0.2, -0.15) is 0 Å². The molecule has 0 aromatic carbocycles. The number of piperazine rings is 1. The lowest BCUT2D eigenvalue weighted by molar-refractivity contribution is 0.246. The zero-order valence-electron chi connectivity index (χ0n) is 11.6. The highest BCUT2D eigenvalue weighted by molar-refractivity contribution is 5.30. The molecule has 0 unspecified atom stereocenters. The molecule has 1 aromatic rings. The van der Waals surface area contributed by atoms with Crippen molar-refractivity contribution >= 4 is 5.95 Å². The van der Waals surface area contributed by atoms with Crippen LogP contribution in [-0.4, -0.2) is 61.2 Å². The van der Waals surface area contributed by atoms with Gasteiger partial charge in [-0.15, -0.1) is 0 Å². The van der Waals surface area contributed by atoms with Crippen molar-refractivity contribution in [3.63, 3.8) is 0 Å². The molecule has 2 rings (SSSR count). The van der Waals surface area contributed by atoms with Crippen molar-refractivity contribution in [1.82, 2.24) is 20.2 Å². The van der Waals surface area contributed by atoms with Crippen molar-refractivity contribution < 1.29 is 0 Å². The summed E-state index contributed by atoms with van der Waals surface area (Å²) < 4.78 is 0. The molecule has 5 nitrogen and oxygen atoms in total. The van der Waals surface area contributed by atoms with E-state index in [4.69, 9.17) is 0 Å². The molecule has 0 aliphatic carbocycles. The van der Waals surface area contributed by atoms with Crippen molar-refractivity contribution in [3.05, 3.63) is 17.5 Å². The first-order valence-corrected chi connectivity index (χ1v) is 6.61. The Bertz CT molecular complexity index is 367. The van der Waals surface area contributed by atoms with Gasteiger partial charge in [-0.05, 0) is 19.9 Å². The van der Waals surface area contributed by atoms with E-state index in [1.807, 2.05) is 19.9 Å². The summed E-state index contributed by atoms with van der Waals surface area (Å²) in [5, 5.41) is 3.37. The minimum atomic E-state index is 0.836. The molecule has 100 valence electrons. The highest BCUT2D eigenvalue weighted by Crippen LogP contribution is 2.08. The summed E-state index contributed by atoms with van der Waals surface area (Å²) in [6.45, 7) is 10.6. The molecular weight excluding hydrogens is 226 g/mol. The molecule has 1 saturated heterocycles. The molecule has 0 spiro atoms. The maximum Gasteiger partial charge on any atom is 0.225 e. The second-order valence-corrected chi connectivity index (χ2v) is 4.96. The third-order valence-corrected chi connectivity index (χ3v) is 3.27. The van der Waals surface area contributed by atoms with Crippen LogP contribution in [0.15, 0.2) is 6.07 Å². The van der Waals surface area contributed by atoms with Crippen LogP contribution in [0.4, 0.5) is 5.95 Å². The zero-order chi connectivity index (χ0) is 13.0. The van der Waals surface area contributed by atoms with Crippen molar-refractivity contribution in [3.8, 4) is 0 Å². The van der Waals surface area contributed by atoms with Gasteiger partial charge in [0.1, 0.15) is 0 Å². The molecule has 1 N–H and O–H groups in total. The zero-order valence-corrected chi connectivity index (χ0v) is 11.6. The van der Waals surface area contributed by atoms with Gasteiger partial charge in [0.2, 0.25) is 5.95 Å². The van der Waals surface area contributed by atoms with Crippen molar-refractivity contribution in [2.45, 2.75) is 13.8 Å². The minimum Gasteiger partial charge on any atom is -0.343 e. The van der Waals surface area contributed by atoms with Crippen molar-refractivity contribution in [2.75, 3.05) is 51.2 Å². The SMILES string of the molecule is Cc1cc(C)nc(N(C)CCN2CCNCC2)n1. The Morgan fingerprint density at radius 3 is 2.44 bits per heavy atom. The quantitative estimate of drug-likeness (QED) is 0.838. The summed E-state index contributed by atoms with van der Waals surface area (Å²) in [6.07, 6.45) is 0. The molecule has 1 aliphatic rings. The van der Waals surface area contributed by atoms with Gasteiger partial charge in [0.05, 0.1) is 0 Å². The maximum absolute atomic E-state index is 4.48. The summed E-state index contributed by atoms with van der Waals surface area (Å²) in [5.74, 6) is 0.836. The molecule has 0 atom stereocenters. The Labute approximate surface area is 109 Å². The second-order valence-electron chi connectivity index (χ2n) is 4.96. The lowest BCUT2D eigenvalue weighted by Crippen LogP contribution is -2.46. The average Bonchev–Trinajstić information content (AvgIpc) is 2.36. The smallest absolute Gasteiger partial charge is 0.225 e. The van der Waals surface area contributed by atoms with E-state index in [0.717, 1.165) is 56.6 Å². The van der Waals surface area contributed by atoms with Gasteiger partial charge in [-0.1, -0.05) is 0 Å². The summed E-state index contributed by atoms with van der Waals surface area (Å²) in [6, 6.07) is 2.01. The number of aromatic nitrogens is 2. The minimum absolute atomic E-state index is 0.836. The van der Waals surface area contributed by atoms with Gasteiger partial charge in [-0.25, -0.2) is 9.97 Å². The van der Waals surface area contributed by atoms with Crippen molar-refractivity contribution in [2.24, 2.45) is 0 Å². The van der Waals surface area contributed by atoms with Gasteiger partial charge in [0, 0.05) is 57.7 Å². The van der Waals surface area contributed by atoms with E-state index < -0.39 is 0 Å². The van der Waals surface area contributed by atoms with Crippen LogP contribution in [0, 0.1) is 13.8 Å². The Balaban J connectivity index is 1.88. The number of hydrogen-bond donors (Lipinski definition) is 1. The third-order valence-electron chi connectivity index (χ3n) is 3.27. The van der Waals surface area contributed by atoms with Crippen LogP contribution in [-0.2, 0) is 0 Å². The Morgan fingerprint density at radius 1 is 1.22 bits per heavy atom. The van der Waals surface area contributed by atoms with Crippen LogP contribution in [0.2, 0.25) is 0 Å². The molecule has 2 heterocycles. The second kappa shape index (κ2) is 6.11. The standard InChI is InChI=1S/C13H23N5/c1-11-10-12(2)16-13(15-11)17(3)8-9-18-6-4-14-5-7-18/h10,14H,4-9H2,1-3H3. The van der Waals surface area contributed by atoms with Gasteiger partial charge >= 0.3 is 0 Å². The summed E-state index contributed by atoms with van der Waals surface area (Å²) >= 11 is 0. The molecule has 1 aliphatic heterocycles. The van der Waals surface area contributed by atoms with E-state index >= 15 is 0 Å². The normalized spacial score (nSPS) is 16.8. The maximum atomic E-state index is 4.48. The highest BCUT2D eigenvalue weighted by Gasteiger charge is 2.11. The number of hydrogen-bond acceptors (Lipinski definition) is 5. The molecule has 18 heavy (non-hydrogen) atoms. The fourth-order valence-corrected chi connectivity index (χ4v) is 2.20. The predicted molar refractivity (Wildman–Crippen MR) is 74.1 cm³/mol. The van der Waals surface area contributed by atoms with E-state index in [0.29, 0.717) is 0 Å². The summed E-state index contributed by atoms with van der Waals surface area (Å²) in [5.41, 5.74) is 2.07. The van der Waals surface area contributed by atoms with E-state index in [2.05, 4.69) is 32.1 Å². The average molecular weight is 249 g/mol. The van der Waals surface area contributed by atoms with E-state index in [1.165, 1.54) is 0 Å². The van der Waals surface area contributed by atoms with Crippen LogP contribution in [0.5, 0.6) is 0 Å². The Hall–Kier alpha value is -1.20. The number of rotatable bonds is 4. The monoisotopic (exact) mass is 249 g/mol.